The molecule has 0 fully saturated rings. The molecule has 82 valence electrons. The molecule has 1 N–H and O–H groups in total. The standard InChI is InChI=1S/C12H12N2O2/c1-8-5-9(2)7-10(6-8)16-12(15)11-3-4-13-14-11/h3-7H,1-2H3,(H,13,14). The molecule has 4 heteroatoms. The number of nitrogens with one attached hydrogen (secondary N) is 1. The topological polar surface area (TPSA) is 55.0 Å². The van der Waals surface area contributed by atoms with Crippen LogP contribution in [0.2, 0.25) is 0 Å². The lowest BCUT2D eigenvalue weighted by Crippen LogP contribution is -2.09. The van der Waals surface area contributed by atoms with Crippen LogP contribution in [-0.4, -0.2) is 16.2 Å². The van der Waals surface area contributed by atoms with Gasteiger partial charge in [-0.1, -0.05) is 6.07 Å². The number of hydrogen-bond acceptors (Lipinski definition) is 3. The van der Waals surface area contributed by atoms with Crippen molar-refractivity contribution in [3.63, 3.8) is 0 Å². The van der Waals surface area contributed by atoms with Crippen LogP contribution in [0.15, 0.2) is 30.5 Å². The number of hydrogen-bond donors (Lipinski definition) is 1. The summed E-state index contributed by atoms with van der Waals surface area (Å²) in [6.45, 7) is 3.92. The molecule has 0 amide bonds. The lowest BCUT2D eigenvalue weighted by atomic mass is 10.1. The zero-order valence-corrected chi connectivity index (χ0v) is 9.15. The fraction of sp³-hybridized carbons (Fsp3) is 0.167. The van der Waals surface area contributed by atoms with Gasteiger partial charge in [0.2, 0.25) is 0 Å². The number of H-pyrrole nitrogens is 1. The van der Waals surface area contributed by atoms with E-state index in [1.54, 1.807) is 6.07 Å². The molecular weight excluding hydrogens is 204 g/mol. The van der Waals surface area contributed by atoms with E-state index >= 15 is 0 Å². The summed E-state index contributed by atoms with van der Waals surface area (Å²) in [6.07, 6.45) is 1.51. The van der Waals surface area contributed by atoms with Crippen molar-refractivity contribution < 1.29 is 9.53 Å². The Bertz CT molecular complexity index is 483. The second kappa shape index (κ2) is 4.18. The molecule has 1 aromatic carbocycles. The first-order valence-corrected chi connectivity index (χ1v) is 4.95. The minimum atomic E-state index is -0.428. The smallest absolute Gasteiger partial charge is 0.361 e. The van der Waals surface area contributed by atoms with Crippen LogP contribution in [0.3, 0.4) is 0 Å². The number of carbonyl (C=O) groups excluding carboxylic acids is 1. The van der Waals surface area contributed by atoms with E-state index in [1.165, 1.54) is 6.20 Å². The Hall–Kier alpha value is -2.10. The maximum Gasteiger partial charge on any atom is 0.361 e. The molecule has 0 saturated carbocycles. The van der Waals surface area contributed by atoms with Crippen molar-refractivity contribution in [3.05, 3.63) is 47.3 Å². The highest BCUT2D eigenvalue weighted by Crippen LogP contribution is 2.17. The predicted molar refractivity (Wildman–Crippen MR) is 59.5 cm³/mol. The summed E-state index contributed by atoms with van der Waals surface area (Å²) in [5.41, 5.74) is 2.47. The van der Waals surface area contributed by atoms with Gasteiger partial charge in [-0.25, -0.2) is 4.79 Å². The van der Waals surface area contributed by atoms with Crippen molar-refractivity contribution in [2.24, 2.45) is 0 Å². The molecule has 0 atom stereocenters. The zero-order valence-electron chi connectivity index (χ0n) is 9.15. The molecule has 1 heterocycles. The van der Waals surface area contributed by atoms with Crippen LogP contribution in [0.1, 0.15) is 21.6 Å². The number of esters is 1. The molecule has 0 saturated heterocycles. The highest BCUT2D eigenvalue weighted by atomic mass is 16.5. The summed E-state index contributed by atoms with van der Waals surface area (Å²) in [5.74, 6) is 0.125. The van der Waals surface area contributed by atoms with Crippen molar-refractivity contribution in [1.82, 2.24) is 10.2 Å². The molecule has 0 aliphatic rings. The van der Waals surface area contributed by atoms with Gasteiger partial charge in [0.25, 0.3) is 0 Å². The molecular formula is C12H12N2O2. The Labute approximate surface area is 93.3 Å². The monoisotopic (exact) mass is 216 g/mol. The molecule has 0 radical (unpaired) electrons. The number of carbonyl (C=O) groups is 1. The average Bonchev–Trinajstić information content (AvgIpc) is 2.68. The van der Waals surface area contributed by atoms with E-state index in [1.807, 2.05) is 32.0 Å². The Morgan fingerprint density at radius 1 is 1.25 bits per heavy atom. The normalized spacial score (nSPS) is 10.1. The van der Waals surface area contributed by atoms with Gasteiger partial charge in [-0.3, -0.25) is 5.10 Å². The van der Waals surface area contributed by atoms with Crippen molar-refractivity contribution in [3.8, 4) is 5.75 Å². The first kappa shape index (κ1) is 10.4. The van der Waals surface area contributed by atoms with Gasteiger partial charge in [-0.15, -0.1) is 0 Å². The molecule has 0 aliphatic heterocycles. The van der Waals surface area contributed by atoms with Crippen LogP contribution in [-0.2, 0) is 0 Å². The van der Waals surface area contributed by atoms with Gasteiger partial charge < -0.3 is 4.74 Å². The van der Waals surface area contributed by atoms with E-state index in [0.29, 0.717) is 11.4 Å². The Balaban J connectivity index is 2.18. The third-order valence-corrected chi connectivity index (χ3v) is 2.13. The molecule has 16 heavy (non-hydrogen) atoms. The minimum Gasteiger partial charge on any atom is -0.422 e. The van der Waals surface area contributed by atoms with Gasteiger partial charge in [-0.05, 0) is 43.2 Å². The lowest BCUT2D eigenvalue weighted by Gasteiger charge is -2.05. The highest BCUT2D eigenvalue weighted by molar-refractivity contribution is 5.88. The van der Waals surface area contributed by atoms with E-state index < -0.39 is 5.97 Å². The molecule has 4 nitrogen and oxygen atoms in total. The van der Waals surface area contributed by atoms with Gasteiger partial charge in [-0.2, -0.15) is 5.10 Å². The van der Waals surface area contributed by atoms with E-state index in [2.05, 4.69) is 10.2 Å². The summed E-state index contributed by atoms with van der Waals surface area (Å²) in [5, 5.41) is 6.26. The quantitative estimate of drug-likeness (QED) is 0.618. The number of rotatable bonds is 2. The Kier molecular flexibility index (Phi) is 2.72. The Morgan fingerprint density at radius 2 is 1.94 bits per heavy atom. The van der Waals surface area contributed by atoms with E-state index in [0.717, 1.165) is 11.1 Å². The highest BCUT2D eigenvalue weighted by Gasteiger charge is 2.09. The van der Waals surface area contributed by atoms with Crippen LogP contribution in [0.25, 0.3) is 0 Å². The molecule has 0 spiro atoms. The van der Waals surface area contributed by atoms with E-state index in [4.69, 9.17) is 4.74 Å². The molecule has 1 aromatic heterocycles. The third-order valence-electron chi connectivity index (χ3n) is 2.13. The lowest BCUT2D eigenvalue weighted by molar-refractivity contribution is 0.0728. The second-order valence-corrected chi connectivity index (χ2v) is 3.68. The number of ether oxygens (including phenoxy) is 1. The fourth-order valence-electron chi connectivity index (χ4n) is 1.52. The van der Waals surface area contributed by atoms with Gasteiger partial charge in [0.05, 0.1) is 0 Å². The first-order chi connectivity index (χ1) is 7.65. The molecule has 0 unspecified atom stereocenters. The predicted octanol–water partition coefficient (Wildman–Crippen LogP) is 2.25. The number of benzene rings is 1. The maximum atomic E-state index is 11.6. The van der Waals surface area contributed by atoms with Crippen LogP contribution in [0.5, 0.6) is 5.75 Å². The first-order valence-electron chi connectivity index (χ1n) is 4.95. The number of aromatic nitrogens is 2. The SMILES string of the molecule is Cc1cc(C)cc(OC(=O)c2ccn[nH]2)c1. The van der Waals surface area contributed by atoms with Crippen molar-refractivity contribution >= 4 is 5.97 Å². The minimum absolute atomic E-state index is 0.346. The van der Waals surface area contributed by atoms with Crippen LogP contribution in [0, 0.1) is 13.8 Å². The summed E-state index contributed by atoms with van der Waals surface area (Å²) in [6, 6.07) is 7.24. The summed E-state index contributed by atoms with van der Waals surface area (Å²) in [4.78, 5) is 11.6. The largest absolute Gasteiger partial charge is 0.422 e. The molecule has 2 rings (SSSR count). The fourth-order valence-corrected chi connectivity index (χ4v) is 1.52. The summed E-state index contributed by atoms with van der Waals surface area (Å²) < 4.78 is 5.21. The molecule has 0 aliphatic carbocycles. The zero-order chi connectivity index (χ0) is 11.5. The molecule has 2 aromatic rings. The van der Waals surface area contributed by atoms with Gasteiger partial charge >= 0.3 is 5.97 Å². The van der Waals surface area contributed by atoms with Crippen LogP contribution < -0.4 is 4.74 Å². The third kappa shape index (κ3) is 2.28. The second-order valence-electron chi connectivity index (χ2n) is 3.68. The molecule has 0 bridgehead atoms. The Morgan fingerprint density at radius 3 is 2.50 bits per heavy atom. The number of nitrogens with zero attached hydrogens (tertiary/aromatic N) is 1. The summed E-state index contributed by atoms with van der Waals surface area (Å²) in [7, 11) is 0. The van der Waals surface area contributed by atoms with Crippen molar-refractivity contribution in [1.29, 1.82) is 0 Å². The van der Waals surface area contributed by atoms with Crippen molar-refractivity contribution in [2.45, 2.75) is 13.8 Å². The summed E-state index contributed by atoms with van der Waals surface area (Å²) >= 11 is 0. The number of aryl methyl sites for hydroxylation is 2. The maximum absolute atomic E-state index is 11.6. The van der Waals surface area contributed by atoms with Crippen LogP contribution >= 0.6 is 0 Å². The van der Waals surface area contributed by atoms with Gasteiger partial charge in [0, 0.05) is 6.20 Å². The van der Waals surface area contributed by atoms with Gasteiger partial charge in [0.1, 0.15) is 11.4 Å². The number of aromatic amines is 1. The van der Waals surface area contributed by atoms with E-state index in [9.17, 15) is 4.79 Å². The van der Waals surface area contributed by atoms with E-state index in [-0.39, 0.29) is 0 Å². The van der Waals surface area contributed by atoms with Crippen molar-refractivity contribution in [2.75, 3.05) is 0 Å². The van der Waals surface area contributed by atoms with Crippen LogP contribution in [0.4, 0.5) is 0 Å². The average molecular weight is 216 g/mol. The van der Waals surface area contributed by atoms with Gasteiger partial charge in [0.15, 0.2) is 0 Å².